The lowest BCUT2D eigenvalue weighted by Gasteiger charge is -2.22. The van der Waals surface area contributed by atoms with Crippen molar-refractivity contribution in [1.82, 2.24) is 5.32 Å². The molecule has 2 heterocycles. The molecule has 0 bridgehead atoms. The average molecular weight is 577 g/mol. The van der Waals surface area contributed by atoms with Crippen molar-refractivity contribution in [3.63, 3.8) is 0 Å². The lowest BCUT2D eigenvalue weighted by molar-refractivity contribution is -0.114. The van der Waals surface area contributed by atoms with E-state index in [9.17, 15) is 9.59 Å². The van der Waals surface area contributed by atoms with Crippen molar-refractivity contribution in [2.75, 3.05) is 30.3 Å². The third kappa shape index (κ3) is 7.33. The standard InChI is InChI=1S/C36H40N4O3/c1-23-21-32(30-7-6-8-31(24(30)2)40-35(42)26-9-11-27(12-10-26)36(3,4)5)39-34(33(23)41)38-28-13-15-29(16-14-28)43-22-25-17-19-37-20-18-25/h6-9,11,13-16,21,23,25,37H,17-20,22H2,1-5H3,(H,38,39)(H,40,42). The maximum Gasteiger partial charge on any atom is 0.264 e. The second-order valence-corrected chi connectivity index (χ2v) is 12.4. The van der Waals surface area contributed by atoms with Gasteiger partial charge in [0.05, 0.1) is 17.9 Å². The minimum absolute atomic E-state index is 0.0683. The first-order chi connectivity index (χ1) is 20.6. The second kappa shape index (κ2) is 12.8. The Morgan fingerprint density at radius 1 is 1.05 bits per heavy atom. The number of rotatable bonds is 7. The van der Waals surface area contributed by atoms with Crippen molar-refractivity contribution >= 4 is 34.6 Å². The third-order valence-corrected chi connectivity index (χ3v) is 8.01. The van der Waals surface area contributed by atoms with Crippen LogP contribution in [0.2, 0.25) is 0 Å². The zero-order chi connectivity index (χ0) is 30.6. The number of anilines is 2. The van der Waals surface area contributed by atoms with E-state index in [0.717, 1.165) is 54.1 Å². The Balaban J connectivity index is 1.28. The number of nitrogens with zero attached hydrogens (tertiary/aromatic N) is 1. The number of Topliss-reactive ketones (excluding diaryl/α,β-unsaturated/α-hetero) is 1. The summed E-state index contributed by atoms with van der Waals surface area (Å²) >= 11 is 0. The normalized spacial score (nSPS) is 17.4. The molecule has 0 radical (unpaired) electrons. The van der Waals surface area contributed by atoms with Gasteiger partial charge in [-0.3, -0.25) is 9.59 Å². The predicted octanol–water partition coefficient (Wildman–Crippen LogP) is 6.59. The lowest BCUT2D eigenvalue weighted by atomic mass is 9.88. The number of piperidine rings is 1. The molecule has 5 rings (SSSR count). The fraction of sp³-hybridized carbons (Fsp3) is 0.361. The molecule has 7 heteroatoms. The lowest BCUT2D eigenvalue weighted by Crippen LogP contribution is -2.30. The van der Waals surface area contributed by atoms with E-state index >= 15 is 0 Å². The van der Waals surface area contributed by atoms with Crippen LogP contribution in [-0.4, -0.2) is 37.2 Å². The SMILES string of the molecule is Cc1c(NC(=O)c2c#cc(C(C)(C)C)cc2)cccc1C1=CC(C)C(=O)C(Nc2ccc(OCC3CCNCC3)cc2)=N1. The minimum Gasteiger partial charge on any atom is -0.493 e. The highest BCUT2D eigenvalue weighted by molar-refractivity contribution is 6.45. The summed E-state index contributed by atoms with van der Waals surface area (Å²) in [6, 6.07) is 23.1. The number of nitrogens with one attached hydrogen (secondary N) is 3. The zero-order valence-corrected chi connectivity index (χ0v) is 25.6. The molecule has 0 saturated carbocycles. The van der Waals surface area contributed by atoms with Crippen molar-refractivity contribution in [2.45, 2.75) is 52.9 Å². The molecule has 0 aromatic heterocycles. The molecule has 1 atom stereocenters. The van der Waals surface area contributed by atoms with Gasteiger partial charge in [0.2, 0.25) is 5.78 Å². The van der Waals surface area contributed by atoms with Crippen molar-refractivity contribution in [3.8, 4) is 5.75 Å². The summed E-state index contributed by atoms with van der Waals surface area (Å²) < 4.78 is 6.01. The Morgan fingerprint density at radius 3 is 2.47 bits per heavy atom. The summed E-state index contributed by atoms with van der Waals surface area (Å²) in [4.78, 5) is 30.8. The van der Waals surface area contributed by atoms with E-state index in [1.54, 1.807) is 6.07 Å². The van der Waals surface area contributed by atoms with Crippen LogP contribution in [-0.2, 0) is 10.2 Å². The molecule has 0 spiro atoms. The molecule has 1 fully saturated rings. The molecule has 3 aromatic rings. The second-order valence-electron chi connectivity index (χ2n) is 12.4. The molecule has 43 heavy (non-hydrogen) atoms. The Morgan fingerprint density at radius 2 is 1.79 bits per heavy atom. The van der Waals surface area contributed by atoms with Gasteiger partial charge >= 0.3 is 0 Å². The number of carbonyl (C=O) groups is 2. The van der Waals surface area contributed by atoms with Gasteiger partial charge < -0.3 is 20.7 Å². The quantitative estimate of drug-likeness (QED) is 0.295. The van der Waals surface area contributed by atoms with Gasteiger partial charge in [0, 0.05) is 28.4 Å². The summed E-state index contributed by atoms with van der Waals surface area (Å²) in [6.07, 6.45) is 4.13. The van der Waals surface area contributed by atoms with Gasteiger partial charge in [0.25, 0.3) is 5.91 Å². The summed E-state index contributed by atoms with van der Waals surface area (Å²) in [5, 5.41) is 9.60. The van der Waals surface area contributed by atoms with Gasteiger partial charge in [0.15, 0.2) is 5.84 Å². The molecule has 3 N–H and O–H groups in total. The number of allylic oxidation sites excluding steroid dienone is 1. The van der Waals surface area contributed by atoms with Crippen molar-refractivity contribution < 1.29 is 14.3 Å². The van der Waals surface area contributed by atoms with Crippen LogP contribution in [0.4, 0.5) is 11.4 Å². The fourth-order valence-electron chi connectivity index (χ4n) is 5.21. The number of ketones is 1. The van der Waals surface area contributed by atoms with Crippen molar-refractivity contribution in [1.29, 1.82) is 0 Å². The molecular weight excluding hydrogens is 536 g/mol. The summed E-state index contributed by atoms with van der Waals surface area (Å²) in [7, 11) is 0. The highest BCUT2D eigenvalue weighted by Crippen LogP contribution is 2.31. The van der Waals surface area contributed by atoms with Crippen LogP contribution in [0.5, 0.6) is 5.75 Å². The zero-order valence-electron chi connectivity index (χ0n) is 25.6. The predicted molar refractivity (Wildman–Crippen MR) is 173 cm³/mol. The van der Waals surface area contributed by atoms with E-state index in [1.807, 2.05) is 68.5 Å². The van der Waals surface area contributed by atoms with E-state index < -0.39 is 0 Å². The molecule has 1 amide bonds. The van der Waals surface area contributed by atoms with E-state index in [0.29, 0.717) is 29.5 Å². The number of carbonyl (C=O) groups excluding carboxylic acids is 2. The highest BCUT2D eigenvalue weighted by atomic mass is 16.5. The summed E-state index contributed by atoms with van der Waals surface area (Å²) in [5.41, 5.74) is 5.16. The molecule has 0 aliphatic carbocycles. The smallest absolute Gasteiger partial charge is 0.264 e. The summed E-state index contributed by atoms with van der Waals surface area (Å²) in [5.74, 6) is 0.977. The number of amides is 1. The molecular formula is C36H40N4O3. The number of hydrogen-bond acceptors (Lipinski definition) is 6. The van der Waals surface area contributed by atoms with Crippen molar-refractivity contribution in [3.05, 3.63) is 95.1 Å². The van der Waals surface area contributed by atoms with Gasteiger partial charge in [-0.25, -0.2) is 4.99 Å². The largest absolute Gasteiger partial charge is 0.493 e. The minimum atomic E-state index is -0.355. The first-order valence-corrected chi connectivity index (χ1v) is 15.0. The van der Waals surface area contributed by atoms with Crippen LogP contribution in [0.3, 0.4) is 0 Å². The molecule has 1 unspecified atom stereocenters. The number of aliphatic imine (C=N–C) groups is 1. The Kier molecular flexibility index (Phi) is 8.98. The van der Waals surface area contributed by atoms with E-state index in [2.05, 4.69) is 48.9 Å². The molecule has 1 saturated heterocycles. The molecule has 222 valence electrons. The average Bonchev–Trinajstić information content (AvgIpc) is 3.00. The number of amidine groups is 1. The van der Waals surface area contributed by atoms with Crippen LogP contribution in [0.25, 0.3) is 5.70 Å². The van der Waals surface area contributed by atoms with Gasteiger partial charge in [-0.15, -0.1) is 0 Å². The van der Waals surface area contributed by atoms with Crippen LogP contribution in [0.1, 0.15) is 67.6 Å². The Labute approximate surface area is 254 Å². The van der Waals surface area contributed by atoms with Crippen molar-refractivity contribution in [2.24, 2.45) is 16.8 Å². The van der Waals surface area contributed by atoms with Crippen LogP contribution in [0.15, 0.2) is 65.7 Å². The van der Waals surface area contributed by atoms with Gasteiger partial charge in [-0.1, -0.05) is 52.0 Å². The topological polar surface area (TPSA) is 91.8 Å². The van der Waals surface area contributed by atoms with Crippen LogP contribution >= 0.6 is 0 Å². The first-order valence-electron chi connectivity index (χ1n) is 15.0. The maximum atomic E-state index is 13.1. The highest BCUT2D eigenvalue weighted by Gasteiger charge is 2.25. The van der Waals surface area contributed by atoms with Crippen LogP contribution < -0.4 is 20.7 Å². The third-order valence-electron chi connectivity index (χ3n) is 8.01. The van der Waals surface area contributed by atoms with Gasteiger partial charge in [-0.05, 0) is 98.3 Å². The molecule has 2 aliphatic rings. The van der Waals surface area contributed by atoms with Gasteiger partial charge in [0.1, 0.15) is 5.75 Å². The molecule has 7 nitrogen and oxygen atoms in total. The Hall–Kier alpha value is -4.41. The molecule has 3 aromatic carbocycles. The molecule has 2 aliphatic heterocycles. The first kappa shape index (κ1) is 30.1. The number of hydrogen-bond donors (Lipinski definition) is 3. The van der Waals surface area contributed by atoms with E-state index in [1.165, 1.54) is 0 Å². The number of ether oxygens (including phenoxy) is 1. The van der Waals surface area contributed by atoms with Gasteiger partial charge in [-0.2, -0.15) is 0 Å². The van der Waals surface area contributed by atoms with E-state index in [4.69, 9.17) is 9.73 Å². The van der Waals surface area contributed by atoms with Crippen LogP contribution in [0, 0.1) is 30.9 Å². The summed E-state index contributed by atoms with van der Waals surface area (Å²) in [6.45, 7) is 12.9. The maximum absolute atomic E-state index is 13.1. The fourth-order valence-corrected chi connectivity index (χ4v) is 5.21. The van der Waals surface area contributed by atoms with E-state index in [-0.39, 0.29) is 28.9 Å². The number of benzene rings is 2. The Bertz CT molecular complexity index is 1530. The monoisotopic (exact) mass is 576 g/mol.